The van der Waals surface area contributed by atoms with Crippen molar-refractivity contribution in [3.63, 3.8) is 0 Å². The van der Waals surface area contributed by atoms with E-state index in [9.17, 15) is 9.59 Å². The van der Waals surface area contributed by atoms with E-state index in [1.165, 1.54) is 0 Å². The van der Waals surface area contributed by atoms with Crippen LogP contribution in [0.25, 0.3) is 22.4 Å². The monoisotopic (exact) mass is 340 g/mol. The van der Waals surface area contributed by atoms with Gasteiger partial charge in [0.2, 0.25) is 5.91 Å². The molecule has 0 bridgehead atoms. The number of aromatic amines is 1. The van der Waals surface area contributed by atoms with Crippen molar-refractivity contribution in [1.29, 1.82) is 0 Å². The lowest BCUT2D eigenvalue weighted by molar-refractivity contribution is -0.123. The molecule has 0 aliphatic rings. The highest BCUT2D eigenvalue weighted by atomic mass is 16.3. The van der Waals surface area contributed by atoms with Crippen molar-refractivity contribution in [2.75, 3.05) is 7.05 Å². The molecule has 1 aromatic carbocycles. The third-order valence-electron chi connectivity index (χ3n) is 4.02. The number of aromatic nitrogens is 2. The van der Waals surface area contributed by atoms with Gasteiger partial charge in [-0.1, -0.05) is 13.8 Å². The van der Waals surface area contributed by atoms with Gasteiger partial charge in [0.25, 0.3) is 5.91 Å². The van der Waals surface area contributed by atoms with Gasteiger partial charge in [-0.15, -0.1) is 0 Å². The van der Waals surface area contributed by atoms with Gasteiger partial charge in [0.15, 0.2) is 5.76 Å². The number of imidazole rings is 1. The summed E-state index contributed by atoms with van der Waals surface area (Å²) in [4.78, 5) is 31.5. The van der Waals surface area contributed by atoms with Crippen molar-refractivity contribution >= 4 is 22.8 Å². The van der Waals surface area contributed by atoms with Crippen molar-refractivity contribution in [2.24, 2.45) is 5.92 Å². The number of H-pyrrole nitrogens is 1. The Hall–Kier alpha value is -3.09. The van der Waals surface area contributed by atoms with E-state index in [4.69, 9.17) is 4.42 Å². The Balaban J connectivity index is 1.80. The van der Waals surface area contributed by atoms with Gasteiger partial charge < -0.3 is 20.0 Å². The van der Waals surface area contributed by atoms with Gasteiger partial charge in [-0.05, 0) is 36.2 Å². The van der Waals surface area contributed by atoms with Crippen molar-refractivity contribution < 1.29 is 14.0 Å². The van der Waals surface area contributed by atoms with Gasteiger partial charge in [0.1, 0.15) is 11.8 Å². The topological polar surface area (TPSA) is 100 Å². The summed E-state index contributed by atoms with van der Waals surface area (Å²) in [6.07, 6.45) is 1.63. The van der Waals surface area contributed by atoms with Crippen LogP contribution in [0.3, 0.4) is 0 Å². The molecule has 3 rings (SSSR count). The highest BCUT2D eigenvalue weighted by Crippen LogP contribution is 2.25. The second-order valence-corrected chi connectivity index (χ2v) is 6.11. The average Bonchev–Trinajstić information content (AvgIpc) is 3.26. The number of furan rings is 1. The zero-order valence-electron chi connectivity index (χ0n) is 14.3. The molecule has 0 aliphatic carbocycles. The predicted molar refractivity (Wildman–Crippen MR) is 94.0 cm³/mol. The van der Waals surface area contributed by atoms with E-state index < -0.39 is 11.9 Å². The SMILES string of the molecule is CNC(=O)[C@@H](NC(=O)c1ccc(-c2ccc3nc[nH]c3c2)o1)C(C)C. The summed E-state index contributed by atoms with van der Waals surface area (Å²) in [5.74, 6) is 0.0362. The molecular formula is C18H20N4O3. The Morgan fingerprint density at radius 2 is 2.00 bits per heavy atom. The molecule has 130 valence electrons. The Bertz CT molecular complexity index is 910. The number of fused-ring (bicyclic) bond motifs is 1. The van der Waals surface area contributed by atoms with Crippen molar-refractivity contribution in [2.45, 2.75) is 19.9 Å². The van der Waals surface area contributed by atoms with E-state index in [-0.39, 0.29) is 17.6 Å². The first-order chi connectivity index (χ1) is 12.0. The summed E-state index contributed by atoms with van der Waals surface area (Å²) >= 11 is 0. The van der Waals surface area contributed by atoms with Crippen LogP contribution in [-0.2, 0) is 4.79 Å². The fourth-order valence-corrected chi connectivity index (χ4v) is 2.61. The zero-order valence-corrected chi connectivity index (χ0v) is 14.3. The third kappa shape index (κ3) is 3.40. The third-order valence-corrected chi connectivity index (χ3v) is 4.02. The maximum absolute atomic E-state index is 12.4. The zero-order chi connectivity index (χ0) is 18.0. The fourth-order valence-electron chi connectivity index (χ4n) is 2.61. The number of carbonyl (C=O) groups excluding carboxylic acids is 2. The number of benzene rings is 1. The van der Waals surface area contributed by atoms with Crippen LogP contribution in [-0.4, -0.2) is 34.9 Å². The summed E-state index contributed by atoms with van der Waals surface area (Å²) in [5, 5.41) is 5.27. The highest BCUT2D eigenvalue weighted by molar-refractivity contribution is 5.96. The van der Waals surface area contributed by atoms with Crippen molar-refractivity contribution in [3.05, 3.63) is 42.4 Å². The number of nitrogens with one attached hydrogen (secondary N) is 3. The van der Waals surface area contributed by atoms with Gasteiger partial charge in [0.05, 0.1) is 17.4 Å². The molecule has 0 fully saturated rings. The summed E-state index contributed by atoms with van der Waals surface area (Å²) in [6, 6.07) is 8.38. The average molecular weight is 340 g/mol. The maximum atomic E-state index is 12.4. The Labute approximate surface area is 144 Å². The van der Waals surface area contributed by atoms with Crippen LogP contribution < -0.4 is 10.6 Å². The first-order valence-corrected chi connectivity index (χ1v) is 8.05. The molecular weight excluding hydrogens is 320 g/mol. The molecule has 2 aromatic heterocycles. The van der Waals surface area contributed by atoms with Crippen LogP contribution >= 0.6 is 0 Å². The summed E-state index contributed by atoms with van der Waals surface area (Å²) in [7, 11) is 1.54. The van der Waals surface area contributed by atoms with Gasteiger partial charge in [0, 0.05) is 12.6 Å². The summed E-state index contributed by atoms with van der Waals surface area (Å²) in [5.41, 5.74) is 2.58. The normalized spacial score (nSPS) is 12.3. The molecule has 25 heavy (non-hydrogen) atoms. The fraction of sp³-hybridized carbons (Fsp3) is 0.278. The van der Waals surface area contributed by atoms with E-state index in [0.717, 1.165) is 16.6 Å². The molecule has 0 unspecified atom stereocenters. The van der Waals surface area contributed by atoms with Gasteiger partial charge in [-0.25, -0.2) is 4.98 Å². The minimum atomic E-state index is -0.618. The molecule has 0 saturated carbocycles. The second-order valence-electron chi connectivity index (χ2n) is 6.11. The maximum Gasteiger partial charge on any atom is 0.287 e. The molecule has 1 atom stereocenters. The smallest absolute Gasteiger partial charge is 0.287 e. The largest absolute Gasteiger partial charge is 0.451 e. The Kier molecular flexibility index (Phi) is 4.56. The quantitative estimate of drug-likeness (QED) is 0.663. The van der Waals surface area contributed by atoms with Gasteiger partial charge >= 0.3 is 0 Å². The Morgan fingerprint density at radius 1 is 1.20 bits per heavy atom. The number of hydrogen-bond donors (Lipinski definition) is 3. The number of amides is 2. The molecule has 0 aliphatic heterocycles. The minimum absolute atomic E-state index is 0.0406. The first-order valence-electron chi connectivity index (χ1n) is 8.05. The number of likely N-dealkylation sites (N-methyl/N-ethyl adjacent to an activating group) is 1. The van der Waals surface area contributed by atoms with Crippen LogP contribution in [0.15, 0.2) is 41.1 Å². The van der Waals surface area contributed by atoms with Crippen LogP contribution in [0.4, 0.5) is 0 Å². The second kappa shape index (κ2) is 6.80. The molecule has 0 radical (unpaired) electrons. The molecule has 0 saturated heterocycles. The first kappa shape index (κ1) is 16.8. The van der Waals surface area contributed by atoms with Crippen LogP contribution in [0.2, 0.25) is 0 Å². The van der Waals surface area contributed by atoms with Crippen LogP contribution in [0.1, 0.15) is 24.4 Å². The number of carbonyl (C=O) groups is 2. The molecule has 7 heteroatoms. The van der Waals surface area contributed by atoms with Crippen LogP contribution in [0.5, 0.6) is 0 Å². The highest BCUT2D eigenvalue weighted by Gasteiger charge is 2.25. The molecule has 0 spiro atoms. The number of hydrogen-bond acceptors (Lipinski definition) is 4. The van der Waals surface area contributed by atoms with Gasteiger partial charge in [-0.2, -0.15) is 0 Å². The molecule has 7 nitrogen and oxygen atoms in total. The molecule has 2 amide bonds. The van der Waals surface area contributed by atoms with E-state index in [0.29, 0.717) is 5.76 Å². The Morgan fingerprint density at radius 3 is 2.72 bits per heavy atom. The van der Waals surface area contributed by atoms with E-state index in [2.05, 4.69) is 20.6 Å². The van der Waals surface area contributed by atoms with Gasteiger partial charge in [-0.3, -0.25) is 9.59 Å². The summed E-state index contributed by atoms with van der Waals surface area (Å²) in [6.45, 7) is 3.74. The molecule has 2 heterocycles. The number of rotatable bonds is 5. The number of nitrogens with zero attached hydrogens (tertiary/aromatic N) is 1. The minimum Gasteiger partial charge on any atom is -0.451 e. The van der Waals surface area contributed by atoms with Crippen molar-refractivity contribution in [3.8, 4) is 11.3 Å². The van der Waals surface area contributed by atoms with E-state index >= 15 is 0 Å². The van der Waals surface area contributed by atoms with Crippen molar-refractivity contribution in [1.82, 2.24) is 20.6 Å². The standard InChI is InChI=1S/C18H20N4O3/c1-10(2)16(18(24)19-3)22-17(23)15-7-6-14(25-15)11-4-5-12-13(8-11)21-9-20-12/h4-10,16H,1-3H3,(H,19,24)(H,20,21)(H,22,23)/t16-/m0/s1. The lowest BCUT2D eigenvalue weighted by Gasteiger charge is -2.19. The van der Waals surface area contributed by atoms with Crippen LogP contribution in [0, 0.1) is 5.92 Å². The van der Waals surface area contributed by atoms with E-state index in [1.54, 1.807) is 25.5 Å². The lowest BCUT2D eigenvalue weighted by atomic mass is 10.0. The lowest BCUT2D eigenvalue weighted by Crippen LogP contribution is -2.48. The molecule has 3 N–H and O–H groups in total. The predicted octanol–water partition coefficient (Wildman–Crippen LogP) is 2.32. The molecule has 3 aromatic rings. The van der Waals surface area contributed by atoms with E-state index in [1.807, 2.05) is 32.0 Å². The summed E-state index contributed by atoms with van der Waals surface area (Å²) < 4.78 is 5.67.